The van der Waals surface area contributed by atoms with E-state index in [2.05, 4.69) is 10.2 Å². The molecular formula is C21H24N2O3. The van der Waals surface area contributed by atoms with E-state index < -0.39 is 17.8 Å². The highest BCUT2D eigenvalue weighted by molar-refractivity contribution is 5.85. The molecule has 0 spiro atoms. The van der Waals surface area contributed by atoms with Gasteiger partial charge in [0.05, 0.1) is 11.8 Å². The smallest absolute Gasteiger partial charge is 0.308 e. The van der Waals surface area contributed by atoms with Gasteiger partial charge in [-0.2, -0.15) is 0 Å². The monoisotopic (exact) mass is 352 g/mol. The first-order chi connectivity index (χ1) is 12.6. The molecule has 26 heavy (non-hydrogen) atoms. The lowest BCUT2D eigenvalue weighted by Gasteiger charge is -2.16. The van der Waals surface area contributed by atoms with Gasteiger partial charge in [-0.3, -0.25) is 14.5 Å². The van der Waals surface area contributed by atoms with Gasteiger partial charge < -0.3 is 10.4 Å². The second-order valence-corrected chi connectivity index (χ2v) is 6.76. The molecule has 0 aromatic heterocycles. The molecule has 1 fully saturated rings. The molecule has 1 amide bonds. The van der Waals surface area contributed by atoms with Gasteiger partial charge >= 0.3 is 5.97 Å². The van der Waals surface area contributed by atoms with Crippen LogP contribution in [0.5, 0.6) is 0 Å². The van der Waals surface area contributed by atoms with Crippen molar-refractivity contribution in [1.29, 1.82) is 0 Å². The lowest BCUT2D eigenvalue weighted by molar-refractivity contribution is -0.145. The molecule has 1 saturated heterocycles. The molecule has 0 saturated carbocycles. The fraction of sp³-hybridized carbons (Fsp3) is 0.333. The van der Waals surface area contributed by atoms with Gasteiger partial charge in [-0.05, 0) is 17.5 Å². The van der Waals surface area contributed by atoms with Crippen LogP contribution in [0.1, 0.15) is 11.1 Å². The van der Waals surface area contributed by atoms with Gasteiger partial charge in [-0.25, -0.2) is 0 Å². The number of carboxylic acids is 1. The summed E-state index contributed by atoms with van der Waals surface area (Å²) >= 11 is 0. The van der Waals surface area contributed by atoms with Crippen molar-refractivity contribution < 1.29 is 14.7 Å². The molecule has 3 rings (SSSR count). The van der Waals surface area contributed by atoms with E-state index in [4.69, 9.17) is 0 Å². The van der Waals surface area contributed by atoms with Crippen molar-refractivity contribution in [1.82, 2.24) is 10.2 Å². The summed E-state index contributed by atoms with van der Waals surface area (Å²) in [6.45, 7) is 2.06. The maximum absolute atomic E-state index is 12.5. The Morgan fingerprint density at radius 1 is 0.923 bits per heavy atom. The minimum Gasteiger partial charge on any atom is -0.481 e. The van der Waals surface area contributed by atoms with Crippen LogP contribution in [0, 0.1) is 11.8 Å². The van der Waals surface area contributed by atoms with Crippen LogP contribution in [0.4, 0.5) is 0 Å². The van der Waals surface area contributed by atoms with Crippen LogP contribution < -0.4 is 5.32 Å². The van der Waals surface area contributed by atoms with Crippen molar-refractivity contribution in [3.05, 3.63) is 71.8 Å². The summed E-state index contributed by atoms with van der Waals surface area (Å²) in [6, 6.07) is 19.8. The molecule has 2 N–H and O–H groups in total. The standard InChI is InChI=1S/C21H24N2O3/c24-20(22-12-11-16-7-3-1-4-8-16)18-14-23(15-19(18)21(25)26)13-17-9-5-2-6-10-17/h1-10,18-19H,11-15H2,(H,22,24)(H,25,26)/t18-,19+/m0/s1. The van der Waals surface area contributed by atoms with Gasteiger partial charge in [-0.15, -0.1) is 0 Å². The molecule has 2 aromatic carbocycles. The van der Waals surface area contributed by atoms with Crippen LogP contribution in [0.15, 0.2) is 60.7 Å². The van der Waals surface area contributed by atoms with Crippen molar-refractivity contribution in [2.45, 2.75) is 13.0 Å². The number of amides is 1. The average Bonchev–Trinajstić information content (AvgIpc) is 3.08. The first kappa shape index (κ1) is 18.1. The van der Waals surface area contributed by atoms with E-state index in [9.17, 15) is 14.7 Å². The van der Waals surface area contributed by atoms with E-state index >= 15 is 0 Å². The third-order valence-corrected chi connectivity index (χ3v) is 4.85. The highest BCUT2D eigenvalue weighted by Gasteiger charge is 2.41. The second kappa shape index (κ2) is 8.63. The number of carbonyl (C=O) groups excluding carboxylic acids is 1. The number of likely N-dealkylation sites (tertiary alicyclic amines) is 1. The lowest BCUT2D eigenvalue weighted by Crippen LogP contribution is -2.38. The van der Waals surface area contributed by atoms with E-state index in [1.807, 2.05) is 60.7 Å². The number of benzene rings is 2. The molecule has 2 aromatic rings. The zero-order valence-electron chi connectivity index (χ0n) is 14.7. The van der Waals surface area contributed by atoms with Gasteiger partial charge in [0.15, 0.2) is 0 Å². The van der Waals surface area contributed by atoms with Crippen LogP contribution >= 0.6 is 0 Å². The number of carboxylic acid groups (broad SMARTS) is 1. The van der Waals surface area contributed by atoms with E-state index in [0.717, 1.165) is 17.5 Å². The maximum Gasteiger partial charge on any atom is 0.308 e. The predicted molar refractivity (Wildman–Crippen MR) is 99.5 cm³/mol. The number of nitrogens with zero attached hydrogens (tertiary/aromatic N) is 1. The second-order valence-electron chi connectivity index (χ2n) is 6.76. The van der Waals surface area contributed by atoms with Crippen molar-refractivity contribution >= 4 is 11.9 Å². The first-order valence-electron chi connectivity index (χ1n) is 8.94. The Hall–Kier alpha value is -2.66. The molecule has 136 valence electrons. The van der Waals surface area contributed by atoms with Crippen LogP contribution in [-0.4, -0.2) is 41.5 Å². The number of hydrogen-bond donors (Lipinski definition) is 2. The molecule has 2 atom stereocenters. The zero-order chi connectivity index (χ0) is 18.4. The van der Waals surface area contributed by atoms with Crippen molar-refractivity contribution in [3.8, 4) is 0 Å². The topological polar surface area (TPSA) is 69.6 Å². The Kier molecular flexibility index (Phi) is 6.02. The van der Waals surface area contributed by atoms with Gasteiger partial charge in [0.2, 0.25) is 5.91 Å². The molecule has 1 aliphatic rings. The quantitative estimate of drug-likeness (QED) is 0.801. The molecule has 0 unspecified atom stereocenters. The van der Waals surface area contributed by atoms with Gasteiger partial charge in [0.1, 0.15) is 0 Å². The fourth-order valence-corrected chi connectivity index (χ4v) is 3.48. The van der Waals surface area contributed by atoms with E-state index in [1.54, 1.807) is 0 Å². The van der Waals surface area contributed by atoms with Gasteiger partial charge in [0.25, 0.3) is 0 Å². The Bertz CT molecular complexity index is 733. The van der Waals surface area contributed by atoms with Gasteiger partial charge in [0, 0.05) is 26.2 Å². The minimum atomic E-state index is -0.899. The van der Waals surface area contributed by atoms with E-state index in [1.165, 1.54) is 0 Å². The van der Waals surface area contributed by atoms with Crippen LogP contribution in [0.3, 0.4) is 0 Å². The zero-order valence-corrected chi connectivity index (χ0v) is 14.7. The summed E-state index contributed by atoms with van der Waals surface area (Å²) in [7, 11) is 0. The number of carbonyl (C=O) groups is 2. The molecule has 0 bridgehead atoms. The normalized spacial score (nSPS) is 20.0. The predicted octanol–water partition coefficient (Wildman–Crippen LogP) is 2.18. The largest absolute Gasteiger partial charge is 0.481 e. The van der Waals surface area contributed by atoms with Crippen LogP contribution in [-0.2, 0) is 22.6 Å². The summed E-state index contributed by atoms with van der Waals surface area (Å²) in [5.74, 6) is -2.23. The van der Waals surface area contributed by atoms with Crippen molar-refractivity contribution in [3.63, 3.8) is 0 Å². The third-order valence-electron chi connectivity index (χ3n) is 4.85. The number of rotatable bonds is 7. The molecule has 1 aliphatic heterocycles. The third kappa shape index (κ3) is 4.70. The Labute approximate surface area is 153 Å². The Balaban J connectivity index is 1.55. The highest BCUT2D eigenvalue weighted by atomic mass is 16.4. The summed E-state index contributed by atoms with van der Waals surface area (Å²) in [5, 5.41) is 12.4. The minimum absolute atomic E-state index is 0.163. The molecule has 1 heterocycles. The van der Waals surface area contributed by atoms with E-state index in [0.29, 0.717) is 26.2 Å². The van der Waals surface area contributed by atoms with Crippen LogP contribution in [0.25, 0.3) is 0 Å². The Morgan fingerprint density at radius 3 is 2.12 bits per heavy atom. The van der Waals surface area contributed by atoms with E-state index in [-0.39, 0.29) is 5.91 Å². The molecule has 5 heteroatoms. The molecule has 0 aliphatic carbocycles. The first-order valence-corrected chi connectivity index (χ1v) is 8.94. The number of nitrogens with one attached hydrogen (secondary N) is 1. The van der Waals surface area contributed by atoms with Crippen LogP contribution in [0.2, 0.25) is 0 Å². The lowest BCUT2D eigenvalue weighted by atomic mass is 9.95. The van der Waals surface area contributed by atoms with Crippen molar-refractivity contribution in [2.24, 2.45) is 11.8 Å². The Morgan fingerprint density at radius 2 is 1.50 bits per heavy atom. The number of aliphatic carboxylic acids is 1. The van der Waals surface area contributed by atoms with Crippen molar-refractivity contribution in [2.75, 3.05) is 19.6 Å². The molecular weight excluding hydrogens is 328 g/mol. The highest BCUT2D eigenvalue weighted by Crippen LogP contribution is 2.25. The fourth-order valence-electron chi connectivity index (χ4n) is 3.48. The molecule has 5 nitrogen and oxygen atoms in total. The average molecular weight is 352 g/mol. The summed E-state index contributed by atoms with van der Waals surface area (Å²) < 4.78 is 0. The SMILES string of the molecule is O=C(NCCc1ccccc1)[C@H]1CN(Cc2ccccc2)C[C@H]1C(=O)O. The maximum atomic E-state index is 12.5. The number of hydrogen-bond acceptors (Lipinski definition) is 3. The summed E-state index contributed by atoms with van der Waals surface area (Å²) in [5.41, 5.74) is 2.28. The molecule has 0 radical (unpaired) electrons. The van der Waals surface area contributed by atoms with Gasteiger partial charge in [-0.1, -0.05) is 60.7 Å². The summed E-state index contributed by atoms with van der Waals surface area (Å²) in [6.07, 6.45) is 0.741. The summed E-state index contributed by atoms with van der Waals surface area (Å²) in [4.78, 5) is 26.2.